The number of aliphatic imine (C=N–C) groups is 1. The molecule has 0 saturated carbocycles. The molecule has 3 aromatic carbocycles. The SMILES string of the molecule is Cc1cc(-c2[c-]ccc3ccccc23)nc2ccccc12.[Ir].c1ccc(C2=NCC[N-]2)nc1. The molecule has 1 aliphatic rings. The summed E-state index contributed by atoms with van der Waals surface area (Å²) in [5.41, 5.74) is 5.22. The van der Waals surface area contributed by atoms with Gasteiger partial charge in [-0.15, -0.1) is 29.1 Å². The van der Waals surface area contributed by atoms with Crippen molar-refractivity contribution in [3.63, 3.8) is 0 Å². The zero-order valence-electron chi connectivity index (χ0n) is 18.2. The molecule has 5 aromatic rings. The van der Waals surface area contributed by atoms with E-state index in [1.807, 2.05) is 30.3 Å². The van der Waals surface area contributed by atoms with E-state index in [1.54, 1.807) is 6.20 Å². The maximum Gasteiger partial charge on any atom is 0.0615 e. The van der Waals surface area contributed by atoms with E-state index in [-0.39, 0.29) is 20.1 Å². The van der Waals surface area contributed by atoms with Gasteiger partial charge in [0.1, 0.15) is 0 Å². The Bertz CT molecular complexity index is 1410. The Labute approximate surface area is 207 Å². The summed E-state index contributed by atoms with van der Waals surface area (Å²) in [5.74, 6) is 0.797. The number of amidine groups is 1. The molecule has 0 spiro atoms. The monoisotopic (exact) mass is 607 g/mol. The van der Waals surface area contributed by atoms with Crippen LogP contribution in [0.3, 0.4) is 0 Å². The maximum atomic E-state index is 4.83. The van der Waals surface area contributed by atoms with Crippen LogP contribution < -0.4 is 0 Å². The molecule has 6 rings (SSSR count). The Morgan fingerprint density at radius 2 is 1.64 bits per heavy atom. The molecule has 1 aliphatic heterocycles. The predicted octanol–water partition coefficient (Wildman–Crippen LogP) is 6.38. The Kier molecular flexibility index (Phi) is 7.23. The molecule has 0 saturated heterocycles. The van der Waals surface area contributed by atoms with Crippen LogP contribution in [0.2, 0.25) is 0 Å². The zero-order chi connectivity index (χ0) is 21.8. The van der Waals surface area contributed by atoms with Crippen molar-refractivity contribution in [3.8, 4) is 11.3 Å². The number of rotatable bonds is 2. The van der Waals surface area contributed by atoms with Crippen molar-refractivity contribution in [2.75, 3.05) is 13.1 Å². The number of fused-ring (bicyclic) bond motifs is 2. The summed E-state index contributed by atoms with van der Waals surface area (Å²) < 4.78 is 0. The molecule has 0 amide bonds. The fourth-order valence-electron chi connectivity index (χ4n) is 3.87. The van der Waals surface area contributed by atoms with Gasteiger partial charge in [0, 0.05) is 31.7 Å². The maximum absolute atomic E-state index is 4.83. The third-order valence-electron chi connectivity index (χ3n) is 5.42. The van der Waals surface area contributed by atoms with Gasteiger partial charge in [-0.05, 0) is 42.2 Å². The number of para-hydroxylation sites is 1. The zero-order valence-corrected chi connectivity index (χ0v) is 20.6. The second-order valence-electron chi connectivity index (χ2n) is 7.58. The summed E-state index contributed by atoms with van der Waals surface area (Å²) >= 11 is 0. The molecule has 4 nitrogen and oxygen atoms in total. The topological polar surface area (TPSA) is 52.2 Å². The second-order valence-corrected chi connectivity index (χ2v) is 7.58. The van der Waals surface area contributed by atoms with Crippen LogP contribution in [0.5, 0.6) is 0 Å². The number of pyridine rings is 2. The molecule has 0 N–H and O–H groups in total. The van der Waals surface area contributed by atoms with Gasteiger partial charge in [-0.2, -0.15) is 0 Å². The van der Waals surface area contributed by atoms with Crippen LogP contribution >= 0.6 is 0 Å². The molecule has 0 aliphatic carbocycles. The molecule has 5 heteroatoms. The van der Waals surface area contributed by atoms with E-state index in [2.05, 4.69) is 82.9 Å². The first-order valence-corrected chi connectivity index (χ1v) is 10.7. The fourth-order valence-corrected chi connectivity index (χ4v) is 3.87. The summed E-state index contributed by atoms with van der Waals surface area (Å²) in [6, 6.07) is 32.0. The molecular formula is C28H22IrN4-2. The minimum absolute atomic E-state index is 0. The number of benzene rings is 3. The van der Waals surface area contributed by atoms with Gasteiger partial charge in [0.25, 0.3) is 0 Å². The van der Waals surface area contributed by atoms with Gasteiger partial charge in [-0.25, -0.2) is 0 Å². The molecular weight excluding hydrogens is 585 g/mol. The van der Waals surface area contributed by atoms with E-state index in [1.165, 1.54) is 21.7 Å². The third-order valence-corrected chi connectivity index (χ3v) is 5.42. The Balaban J connectivity index is 0.000000183. The quantitative estimate of drug-likeness (QED) is 0.219. The summed E-state index contributed by atoms with van der Waals surface area (Å²) in [6.45, 7) is 3.76. The first-order chi connectivity index (χ1) is 15.8. The molecule has 0 unspecified atom stereocenters. The molecule has 33 heavy (non-hydrogen) atoms. The Morgan fingerprint density at radius 3 is 2.42 bits per heavy atom. The van der Waals surface area contributed by atoms with E-state index in [0.717, 1.165) is 41.4 Å². The normalized spacial score (nSPS) is 12.3. The number of aromatic nitrogens is 2. The molecule has 0 atom stereocenters. The first kappa shape index (κ1) is 22.8. The van der Waals surface area contributed by atoms with E-state index in [9.17, 15) is 0 Å². The van der Waals surface area contributed by atoms with Crippen LogP contribution in [0.1, 0.15) is 11.3 Å². The molecule has 2 aromatic heterocycles. The second kappa shape index (κ2) is 10.5. The number of hydrogen-bond acceptors (Lipinski definition) is 3. The van der Waals surface area contributed by atoms with Gasteiger partial charge in [-0.3, -0.25) is 9.97 Å². The van der Waals surface area contributed by atoms with Crippen molar-refractivity contribution in [1.82, 2.24) is 9.97 Å². The van der Waals surface area contributed by atoms with E-state index in [0.29, 0.717) is 0 Å². The average Bonchev–Trinajstić information content (AvgIpc) is 3.40. The van der Waals surface area contributed by atoms with E-state index < -0.39 is 0 Å². The average molecular weight is 607 g/mol. The molecule has 3 heterocycles. The number of nitrogens with zero attached hydrogens (tertiary/aromatic N) is 4. The summed E-state index contributed by atoms with van der Waals surface area (Å²) in [7, 11) is 0. The largest absolute Gasteiger partial charge is 0.464 e. The smallest absolute Gasteiger partial charge is 0.0615 e. The molecule has 165 valence electrons. The van der Waals surface area contributed by atoms with Crippen LogP contribution in [0.25, 0.3) is 38.2 Å². The van der Waals surface area contributed by atoms with Gasteiger partial charge in [0.2, 0.25) is 0 Å². The van der Waals surface area contributed by atoms with Gasteiger partial charge in [-0.1, -0.05) is 73.1 Å². The van der Waals surface area contributed by atoms with Gasteiger partial charge < -0.3 is 10.3 Å². The van der Waals surface area contributed by atoms with Crippen molar-refractivity contribution in [2.24, 2.45) is 4.99 Å². The van der Waals surface area contributed by atoms with Crippen LogP contribution in [0, 0.1) is 13.0 Å². The van der Waals surface area contributed by atoms with Crippen LogP contribution in [-0.2, 0) is 20.1 Å². The Hall–Kier alpha value is -3.40. The minimum Gasteiger partial charge on any atom is -0.464 e. The van der Waals surface area contributed by atoms with Gasteiger partial charge >= 0.3 is 0 Å². The van der Waals surface area contributed by atoms with Gasteiger partial charge in [0.05, 0.1) is 11.2 Å². The van der Waals surface area contributed by atoms with Crippen LogP contribution in [-0.4, -0.2) is 28.9 Å². The van der Waals surface area contributed by atoms with Crippen molar-refractivity contribution in [1.29, 1.82) is 0 Å². The Morgan fingerprint density at radius 1 is 0.848 bits per heavy atom. The third kappa shape index (κ3) is 5.00. The predicted molar refractivity (Wildman–Crippen MR) is 132 cm³/mol. The van der Waals surface area contributed by atoms with Crippen molar-refractivity contribution < 1.29 is 20.1 Å². The van der Waals surface area contributed by atoms with Gasteiger partial charge in [0.15, 0.2) is 0 Å². The van der Waals surface area contributed by atoms with Crippen molar-refractivity contribution >= 4 is 27.5 Å². The molecule has 0 bridgehead atoms. The fraction of sp³-hybridized carbons (Fsp3) is 0.107. The minimum atomic E-state index is 0. The number of hydrogen-bond donors (Lipinski definition) is 0. The summed E-state index contributed by atoms with van der Waals surface area (Å²) in [6.07, 6.45) is 1.76. The molecule has 0 fully saturated rings. The van der Waals surface area contributed by atoms with Crippen LogP contribution in [0.4, 0.5) is 0 Å². The van der Waals surface area contributed by atoms with Crippen molar-refractivity contribution in [2.45, 2.75) is 6.92 Å². The molecule has 1 radical (unpaired) electrons. The number of aryl methyl sites for hydroxylation is 1. The van der Waals surface area contributed by atoms with Crippen molar-refractivity contribution in [3.05, 3.63) is 114 Å². The summed E-state index contributed by atoms with van der Waals surface area (Å²) in [5, 5.41) is 7.82. The standard InChI is InChI=1S/C20H14N.C8H8N3.Ir/c1-14-13-20(21-19-12-5-4-9-16(14)19)18-11-6-8-15-7-2-3-10-17(15)18;1-2-4-9-7(3-1)8-10-5-6-11-8;/h2-10,12-13H,1H3;1-4H,5-6H2;/q2*-1;. The summed E-state index contributed by atoms with van der Waals surface area (Å²) in [4.78, 5) is 13.2. The van der Waals surface area contributed by atoms with E-state index in [4.69, 9.17) is 4.98 Å². The van der Waals surface area contributed by atoms with E-state index >= 15 is 0 Å². The van der Waals surface area contributed by atoms with Crippen LogP contribution in [0.15, 0.2) is 96.1 Å². The first-order valence-electron chi connectivity index (χ1n) is 10.7.